The van der Waals surface area contributed by atoms with E-state index >= 15 is 0 Å². The van der Waals surface area contributed by atoms with Crippen molar-refractivity contribution < 1.29 is 0 Å². The maximum absolute atomic E-state index is 3.44. The van der Waals surface area contributed by atoms with Crippen molar-refractivity contribution in [1.29, 1.82) is 0 Å². The van der Waals surface area contributed by atoms with Crippen molar-refractivity contribution in [2.75, 3.05) is 20.6 Å². The van der Waals surface area contributed by atoms with Crippen molar-refractivity contribution >= 4 is 0 Å². The first kappa shape index (κ1) is 10.7. The fourth-order valence-corrected chi connectivity index (χ4v) is 2.60. The fourth-order valence-electron chi connectivity index (χ4n) is 2.60. The molecular formula is C13H20N2. The van der Waals surface area contributed by atoms with Crippen LogP contribution in [0.3, 0.4) is 0 Å². The van der Waals surface area contributed by atoms with Gasteiger partial charge in [-0.25, -0.2) is 0 Å². The number of likely N-dealkylation sites (tertiary alicyclic amines) is 1. The predicted molar refractivity (Wildman–Crippen MR) is 63.9 cm³/mol. The van der Waals surface area contributed by atoms with Crippen LogP contribution in [0.2, 0.25) is 0 Å². The summed E-state index contributed by atoms with van der Waals surface area (Å²) >= 11 is 0. The second-order valence-electron chi connectivity index (χ2n) is 4.37. The van der Waals surface area contributed by atoms with Gasteiger partial charge in [0.1, 0.15) is 0 Å². The quantitative estimate of drug-likeness (QED) is 0.793. The lowest BCUT2D eigenvalue weighted by atomic mass is 9.91. The Morgan fingerprint density at radius 1 is 1.27 bits per heavy atom. The van der Waals surface area contributed by atoms with E-state index < -0.39 is 0 Å². The lowest BCUT2D eigenvalue weighted by molar-refractivity contribution is 0.147. The Balaban J connectivity index is 2.23. The van der Waals surface area contributed by atoms with Crippen molar-refractivity contribution in [3.05, 3.63) is 35.9 Å². The first-order valence-electron chi connectivity index (χ1n) is 5.75. The van der Waals surface area contributed by atoms with Gasteiger partial charge in [-0.05, 0) is 39.0 Å². The van der Waals surface area contributed by atoms with Gasteiger partial charge >= 0.3 is 0 Å². The molecule has 2 unspecified atom stereocenters. The highest BCUT2D eigenvalue weighted by molar-refractivity contribution is 5.21. The molecule has 2 rings (SSSR count). The van der Waals surface area contributed by atoms with Crippen LogP contribution in [-0.4, -0.2) is 31.6 Å². The molecule has 15 heavy (non-hydrogen) atoms. The van der Waals surface area contributed by atoms with Gasteiger partial charge < -0.3 is 5.32 Å². The summed E-state index contributed by atoms with van der Waals surface area (Å²) in [6, 6.07) is 11.9. The highest BCUT2D eigenvalue weighted by Gasteiger charge is 2.28. The molecule has 82 valence electrons. The van der Waals surface area contributed by atoms with Crippen LogP contribution < -0.4 is 5.32 Å². The second-order valence-corrected chi connectivity index (χ2v) is 4.37. The summed E-state index contributed by atoms with van der Waals surface area (Å²) < 4.78 is 0. The number of hydrogen-bond donors (Lipinski definition) is 1. The van der Waals surface area contributed by atoms with Gasteiger partial charge in [-0.2, -0.15) is 0 Å². The third-order valence-corrected chi connectivity index (χ3v) is 3.39. The molecule has 1 fully saturated rings. The number of hydrogen-bond acceptors (Lipinski definition) is 2. The smallest absolute Gasteiger partial charge is 0.0498 e. The van der Waals surface area contributed by atoms with E-state index in [0.29, 0.717) is 12.1 Å². The topological polar surface area (TPSA) is 15.3 Å². The van der Waals surface area contributed by atoms with Crippen molar-refractivity contribution in [3.8, 4) is 0 Å². The van der Waals surface area contributed by atoms with Crippen LogP contribution in [0.5, 0.6) is 0 Å². The molecule has 1 saturated heterocycles. The molecule has 1 aliphatic heterocycles. The summed E-state index contributed by atoms with van der Waals surface area (Å²) in [4.78, 5) is 2.46. The SMILES string of the molecule is CNC1CCCN(C)C1c1ccccc1. The van der Waals surface area contributed by atoms with E-state index in [-0.39, 0.29) is 0 Å². The van der Waals surface area contributed by atoms with Crippen LogP contribution in [0.4, 0.5) is 0 Å². The van der Waals surface area contributed by atoms with E-state index in [9.17, 15) is 0 Å². The van der Waals surface area contributed by atoms with Crippen LogP contribution in [0.1, 0.15) is 24.4 Å². The van der Waals surface area contributed by atoms with E-state index in [4.69, 9.17) is 0 Å². The highest BCUT2D eigenvalue weighted by atomic mass is 15.2. The molecule has 2 atom stereocenters. The molecule has 0 aromatic heterocycles. The Bertz CT molecular complexity index is 297. The normalized spacial score (nSPS) is 27.9. The van der Waals surface area contributed by atoms with Gasteiger partial charge in [0, 0.05) is 12.1 Å². The lowest BCUT2D eigenvalue weighted by Gasteiger charge is -2.39. The Labute approximate surface area is 92.3 Å². The summed E-state index contributed by atoms with van der Waals surface area (Å²) in [5, 5.41) is 3.44. The maximum atomic E-state index is 3.44. The molecule has 0 aliphatic carbocycles. The van der Waals surface area contributed by atoms with E-state index in [1.54, 1.807) is 0 Å². The van der Waals surface area contributed by atoms with Crippen LogP contribution in [-0.2, 0) is 0 Å². The molecule has 1 aliphatic rings. The summed E-state index contributed by atoms with van der Waals surface area (Å²) in [7, 11) is 4.29. The summed E-state index contributed by atoms with van der Waals surface area (Å²) in [6.45, 7) is 1.21. The Kier molecular flexibility index (Phi) is 3.39. The maximum Gasteiger partial charge on any atom is 0.0498 e. The molecule has 2 heteroatoms. The lowest BCUT2D eigenvalue weighted by Crippen LogP contribution is -2.45. The van der Waals surface area contributed by atoms with Gasteiger partial charge in [0.05, 0.1) is 0 Å². The molecular weight excluding hydrogens is 184 g/mol. The van der Waals surface area contributed by atoms with Gasteiger partial charge in [0.2, 0.25) is 0 Å². The van der Waals surface area contributed by atoms with E-state index in [1.807, 2.05) is 0 Å². The molecule has 0 amide bonds. The minimum absolute atomic E-state index is 0.532. The Morgan fingerprint density at radius 3 is 2.67 bits per heavy atom. The minimum atomic E-state index is 0.532. The summed E-state index contributed by atoms with van der Waals surface area (Å²) in [5.74, 6) is 0. The number of piperidine rings is 1. The van der Waals surface area contributed by atoms with E-state index in [0.717, 1.165) is 0 Å². The number of rotatable bonds is 2. The third-order valence-electron chi connectivity index (χ3n) is 3.39. The number of nitrogens with one attached hydrogen (secondary N) is 1. The van der Waals surface area contributed by atoms with Gasteiger partial charge in [-0.3, -0.25) is 4.90 Å². The van der Waals surface area contributed by atoms with Gasteiger partial charge in [0.25, 0.3) is 0 Å². The monoisotopic (exact) mass is 204 g/mol. The molecule has 1 aromatic rings. The standard InChI is InChI=1S/C13H20N2/c1-14-12-9-6-10-15(2)13(12)11-7-4-3-5-8-11/h3-5,7-8,12-14H,6,9-10H2,1-2H3. The minimum Gasteiger partial charge on any atom is -0.315 e. The first-order valence-corrected chi connectivity index (χ1v) is 5.75. The highest BCUT2D eigenvalue weighted by Crippen LogP contribution is 2.29. The molecule has 1 heterocycles. The number of benzene rings is 1. The Morgan fingerprint density at radius 2 is 2.00 bits per heavy atom. The molecule has 0 saturated carbocycles. The van der Waals surface area contributed by atoms with Crippen LogP contribution >= 0.6 is 0 Å². The van der Waals surface area contributed by atoms with Crippen LogP contribution in [0.25, 0.3) is 0 Å². The second kappa shape index (κ2) is 4.77. The van der Waals surface area contributed by atoms with Crippen molar-refractivity contribution in [2.24, 2.45) is 0 Å². The average molecular weight is 204 g/mol. The zero-order chi connectivity index (χ0) is 10.7. The predicted octanol–water partition coefficient (Wildman–Crippen LogP) is 2.04. The van der Waals surface area contributed by atoms with Crippen molar-refractivity contribution in [3.63, 3.8) is 0 Å². The molecule has 0 radical (unpaired) electrons. The zero-order valence-electron chi connectivity index (χ0n) is 9.61. The molecule has 2 nitrogen and oxygen atoms in total. The molecule has 0 spiro atoms. The Hall–Kier alpha value is -0.860. The fraction of sp³-hybridized carbons (Fsp3) is 0.538. The largest absolute Gasteiger partial charge is 0.315 e. The molecule has 1 aromatic carbocycles. The third kappa shape index (κ3) is 2.21. The van der Waals surface area contributed by atoms with E-state index in [1.165, 1.54) is 24.9 Å². The van der Waals surface area contributed by atoms with Crippen molar-refractivity contribution in [1.82, 2.24) is 10.2 Å². The first-order chi connectivity index (χ1) is 7.33. The zero-order valence-corrected chi connectivity index (χ0v) is 9.61. The van der Waals surface area contributed by atoms with E-state index in [2.05, 4.69) is 54.6 Å². The van der Waals surface area contributed by atoms with Crippen LogP contribution in [0, 0.1) is 0 Å². The average Bonchev–Trinajstić information content (AvgIpc) is 2.29. The number of likely N-dealkylation sites (N-methyl/N-ethyl adjacent to an activating group) is 2. The van der Waals surface area contributed by atoms with Gasteiger partial charge in [0.15, 0.2) is 0 Å². The molecule has 0 bridgehead atoms. The summed E-state index contributed by atoms with van der Waals surface area (Å²) in [5.41, 5.74) is 1.43. The van der Waals surface area contributed by atoms with Crippen LogP contribution in [0.15, 0.2) is 30.3 Å². The van der Waals surface area contributed by atoms with Gasteiger partial charge in [-0.1, -0.05) is 30.3 Å². The van der Waals surface area contributed by atoms with Gasteiger partial charge in [-0.15, -0.1) is 0 Å². The number of nitrogens with zero attached hydrogens (tertiary/aromatic N) is 1. The molecule has 1 N–H and O–H groups in total. The van der Waals surface area contributed by atoms with Crippen molar-refractivity contribution in [2.45, 2.75) is 24.9 Å². The summed E-state index contributed by atoms with van der Waals surface area (Å²) in [6.07, 6.45) is 2.58.